The Labute approximate surface area is 78.8 Å². The van der Waals surface area contributed by atoms with Crippen LogP contribution in [-0.2, 0) is 0 Å². The third-order valence-electron chi connectivity index (χ3n) is 2.15. The molecule has 0 fully saturated rings. The molecule has 2 nitrogen and oxygen atoms in total. The largest absolute Gasteiger partial charge is 0.387 e. The molecule has 0 spiro atoms. The third-order valence-corrected chi connectivity index (χ3v) is 2.15. The fourth-order valence-corrected chi connectivity index (χ4v) is 1.27. The molecule has 72 valence electrons. The maximum atomic E-state index is 9.79. The van der Waals surface area contributed by atoms with Crippen molar-refractivity contribution in [3.05, 3.63) is 35.4 Å². The predicted octanol–water partition coefficient (Wildman–Crippen LogP) is 1.80. The van der Waals surface area contributed by atoms with Gasteiger partial charge in [-0.15, -0.1) is 0 Å². The summed E-state index contributed by atoms with van der Waals surface area (Å²) in [5.74, 6) is 0. The molecule has 0 amide bonds. The summed E-state index contributed by atoms with van der Waals surface area (Å²) in [5.41, 5.74) is 0.693. The van der Waals surface area contributed by atoms with E-state index >= 15 is 0 Å². The molecule has 1 atom stereocenters. The van der Waals surface area contributed by atoms with Gasteiger partial charge < -0.3 is 10.2 Å². The van der Waals surface area contributed by atoms with Crippen LogP contribution in [0.1, 0.15) is 31.1 Å². The lowest BCUT2D eigenvalue weighted by Crippen LogP contribution is -2.29. The van der Waals surface area contributed by atoms with Gasteiger partial charge in [-0.25, -0.2) is 0 Å². The van der Waals surface area contributed by atoms with E-state index in [9.17, 15) is 10.2 Å². The molecule has 0 heterocycles. The lowest BCUT2D eigenvalue weighted by Gasteiger charge is -2.25. The second-order valence-corrected chi connectivity index (χ2v) is 3.91. The van der Waals surface area contributed by atoms with Gasteiger partial charge in [0.05, 0.1) is 5.60 Å². The van der Waals surface area contributed by atoms with Gasteiger partial charge in [0.1, 0.15) is 6.10 Å². The first-order valence-electron chi connectivity index (χ1n) is 4.39. The molecule has 0 saturated heterocycles. The molecule has 0 aliphatic rings. The van der Waals surface area contributed by atoms with Gasteiger partial charge in [-0.2, -0.15) is 0 Å². The molecule has 0 aliphatic carbocycles. The van der Waals surface area contributed by atoms with Crippen molar-refractivity contribution in [3.63, 3.8) is 0 Å². The SMILES string of the molecule is Cc1ccccc1C(O)C(C)(C)O. The lowest BCUT2D eigenvalue weighted by molar-refractivity contribution is -0.0499. The minimum atomic E-state index is -1.09. The fourth-order valence-electron chi connectivity index (χ4n) is 1.27. The van der Waals surface area contributed by atoms with Gasteiger partial charge in [0, 0.05) is 0 Å². The fraction of sp³-hybridized carbons (Fsp3) is 0.455. The zero-order valence-electron chi connectivity index (χ0n) is 8.28. The average molecular weight is 180 g/mol. The van der Waals surface area contributed by atoms with Gasteiger partial charge in [0.15, 0.2) is 0 Å². The molecule has 0 aromatic heterocycles. The highest BCUT2D eigenvalue weighted by molar-refractivity contribution is 5.29. The molecule has 2 heteroatoms. The summed E-state index contributed by atoms with van der Waals surface area (Å²) in [6.45, 7) is 5.12. The summed E-state index contributed by atoms with van der Waals surface area (Å²) in [6.07, 6.45) is -0.825. The number of rotatable bonds is 2. The second kappa shape index (κ2) is 3.48. The highest BCUT2D eigenvalue weighted by Crippen LogP contribution is 2.27. The maximum Gasteiger partial charge on any atom is 0.107 e. The minimum absolute atomic E-state index is 0.787. The molecule has 1 rings (SSSR count). The van der Waals surface area contributed by atoms with Gasteiger partial charge >= 0.3 is 0 Å². The van der Waals surface area contributed by atoms with E-state index in [2.05, 4.69) is 0 Å². The molecule has 0 bridgehead atoms. The summed E-state index contributed by atoms with van der Waals surface area (Å²) >= 11 is 0. The topological polar surface area (TPSA) is 40.5 Å². The van der Waals surface area contributed by atoms with E-state index in [0.29, 0.717) is 0 Å². The Morgan fingerprint density at radius 3 is 2.23 bits per heavy atom. The van der Waals surface area contributed by atoms with E-state index in [1.807, 2.05) is 31.2 Å². The number of aliphatic hydroxyl groups excluding tert-OH is 1. The molecule has 0 radical (unpaired) electrons. The van der Waals surface area contributed by atoms with Crippen molar-refractivity contribution < 1.29 is 10.2 Å². The number of hydrogen-bond donors (Lipinski definition) is 2. The van der Waals surface area contributed by atoms with Crippen LogP contribution in [0.15, 0.2) is 24.3 Å². The quantitative estimate of drug-likeness (QED) is 0.728. The molecular weight excluding hydrogens is 164 g/mol. The third kappa shape index (κ3) is 2.29. The second-order valence-electron chi connectivity index (χ2n) is 3.91. The number of aryl methyl sites for hydroxylation is 1. The summed E-state index contributed by atoms with van der Waals surface area (Å²) in [7, 11) is 0. The van der Waals surface area contributed by atoms with Crippen molar-refractivity contribution >= 4 is 0 Å². The van der Waals surface area contributed by atoms with Crippen molar-refractivity contribution in [2.45, 2.75) is 32.5 Å². The van der Waals surface area contributed by atoms with Crippen molar-refractivity contribution in [2.75, 3.05) is 0 Å². The highest BCUT2D eigenvalue weighted by atomic mass is 16.3. The Hall–Kier alpha value is -0.860. The zero-order chi connectivity index (χ0) is 10.1. The van der Waals surface area contributed by atoms with E-state index in [4.69, 9.17) is 0 Å². The normalized spacial score (nSPS) is 14.2. The van der Waals surface area contributed by atoms with Gasteiger partial charge in [-0.05, 0) is 31.9 Å². The monoisotopic (exact) mass is 180 g/mol. The van der Waals surface area contributed by atoms with Crippen LogP contribution in [0.5, 0.6) is 0 Å². The van der Waals surface area contributed by atoms with Crippen molar-refractivity contribution in [2.24, 2.45) is 0 Å². The van der Waals surface area contributed by atoms with Gasteiger partial charge in [-0.1, -0.05) is 24.3 Å². The summed E-state index contributed by atoms with van der Waals surface area (Å²) in [5, 5.41) is 19.4. The van der Waals surface area contributed by atoms with Crippen LogP contribution in [0.3, 0.4) is 0 Å². The van der Waals surface area contributed by atoms with E-state index in [-0.39, 0.29) is 0 Å². The number of aliphatic hydroxyl groups is 2. The molecule has 0 aliphatic heterocycles. The first kappa shape index (κ1) is 10.2. The first-order chi connectivity index (χ1) is 5.93. The zero-order valence-corrected chi connectivity index (χ0v) is 8.28. The molecule has 2 N–H and O–H groups in total. The lowest BCUT2D eigenvalue weighted by atomic mass is 9.92. The van der Waals surface area contributed by atoms with Crippen molar-refractivity contribution in [1.29, 1.82) is 0 Å². The Morgan fingerprint density at radius 1 is 1.23 bits per heavy atom. The average Bonchev–Trinajstić information content (AvgIpc) is 2.02. The van der Waals surface area contributed by atoms with E-state index in [1.54, 1.807) is 13.8 Å². The summed E-state index contributed by atoms with van der Waals surface area (Å²) < 4.78 is 0. The smallest absolute Gasteiger partial charge is 0.107 e. The minimum Gasteiger partial charge on any atom is -0.387 e. The highest BCUT2D eigenvalue weighted by Gasteiger charge is 2.26. The summed E-state index contributed by atoms with van der Waals surface area (Å²) in [4.78, 5) is 0. The van der Waals surface area contributed by atoms with Crippen LogP contribution in [0.4, 0.5) is 0 Å². The van der Waals surface area contributed by atoms with Crippen LogP contribution in [-0.4, -0.2) is 15.8 Å². The molecule has 1 aromatic rings. The van der Waals surface area contributed by atoms with Gasteiger partial charge in [-0.3, -0.25) is 0 Å². The van der Waals surface area contributed by atoms with Gasteiger partial charge in [0.2, 0.25) is 0 Å². The summed E-state index contributed by atoms with van der Waals surface area (Å²) in [6, 6.07) is 7.52. The van der Waals surface area contributed by atoms with Crippen LogP contribution in [0, 0.1) is 6.92 Å². The Kier molecular flexibility index (Phi) is 2.74. The number of hydrogen-bond acceptors (Lipinski definition) is 2. The Morgan fingerprint density at radius 2 is 1.77 bits per heavy atom. The molecule has 1 aromatic carbocycles. The Balaban J connectivity index is 3.02. The predicted molar refractivity (Wildman–Crippen MR) is 52.4 cm³/mol. The van der Waals surface area contributed by atoms with Crippen molar-refractivity contribution in [3.8, 4) is 0 Å². The Bertz CT molecular complexity index is 286. The molecule has 13 heavy (non-hydrogen) atoms. The van der Waals surface area contributed by atoms with Gasteiger partial charge in [0.25, 0.3) is 0 Å². The molecule has 1 unspecified atom stereocenters. The van der Waals surface area contributed by atoms with Crippen LogP contribution < -0.4 is 0 Å². The number of benzene rings is 1. The molecule has 0 saturated carbocycles. The first-order valence-corrected chi connectivity index (χ1v) is 4.39. The van der Waals surface area contributed by atoms with Crippen molar-refractivity contribution in [1.82, 2.24) is 0 Å². The maximum absolute atomic E-state index is 9.79. The van der Waals surface area contributed by atoms with Crippen LogP contribution in [0.25, 0.3) is 0 Å². The molecular formula is C11H16O2. The van der Waals surface area contributed by atoms with E-state index in [0.717, 1.165) is 11.1 Å². The van der Waals surface area contributed by atoms with E-state index < -0.39 is 11.7 Å². The standard InChI is InChI=1S/C11H16O2/c1-8-6-4-5-7-9(8)10(12)11(2,3)13/h4-7,10,12-13H,1-3H3. The van der Waals surface area contributed by atoms with E-state index in [1.165, 1.54) is 0 Å². The van der Waals surface area contributed by atoms with Crippen LogP contribution in [0.2, 0.25) is 0 Å². The van der Waals surface area contributed by atoms with Crippen LogP contribution >= 0.6 is 0 Å².